The van der Waals surface area contributed by atoms with Crippen LogP contribution in [0.5, 0.6) is 0 Å². The number of ether oxygens (including phenoxy) is 1. The molecular formula is C23H41NO6. The molecule has 0 aliphatic carbocycles. The Kier molecular flexibility index (Phi) is 13.4. The van der Waals surface area contributed by atoms with Crippen LogP contribution in [0.2, 0.25) is 0 Å². The minimum absolute atomic E-state index is 0.0194. The normalized spacial score (nSPS) is 16.5. The molecule has 174 valence electrons. The number of rotatable bonds is 16. The molecule has 7 heteroatoms. The number of piperidine rings is 1. The van der Waals surface area contributed by atoms with Crippen LogP contribution in [0.3, 0.4) is 0 Å². The van der Waals surface area contributed by atoms with Crippen molar-refractivity contribution >= 4 is 17.9 Å². The molecule has 2 N–H and O–H groups in total. The lowest BCUT2D eigenvalue weighted by Gasteiger charge is -2.28. The molecule has 0 aromatic carbocycles. The van der Waals surface area contributed by atoms with Gasteiger partial charge in [0.1, 0.15) is 0 Å². The number of carboxylic acid groups (broad SMARTS) is 2. The van der Waals surface area contributed by atoms with E-state index in [0.29, 0.717) is 18.9 Å². The maximum Gasteiger partial charge on any atom is 0.317 e. The van der Waals surface area contributed by atoms with Crippen LogP contribution in [0.25, 0.3) is 0 Å². The molecule has 0 radical (unpaired) electrons. The van der Waals surface area contributed by atoms with Crippen LogP contribution in [0, 0.1) is 17.8 Å². The average molecular weight is 428 g/mol. The van der Waals surface area contributed by atoms with Gasteiger partial charge in [0.05, 0.1) is 12.5 Å². The number of aliphatic carboxylic acids is 2. The quantitative estimate of drug-likeness (QED) is 0.216. The first-order valence-corrected chi connectivity index (χ1v) is 11.7. The van der Waals surface area contributed by atoms with Gasteiger partial charge in [0.2, 0.25) is 0 Å². The molecule has 1 fully saturated rings. The first-order valence-electron chi connectivity index (χ1n) is 11.7. The molecule has 1 heterocycles. The zero-order valence-corrected chi connectivity index (χ0v) is 18.8. The third kappa shape index (κ3) is 11.0. The fraction of sp³-hybridized carbons (Fsp3) is 0.870. The lowest BCUT2D eigenvalue weighted by atomic mass is 9.93. The minimum Gasteiger partial charge on any atom is -0.481 e. The zero-order valence-electron chi connectivity index (χ0n) is 18.8. The smallest absolute Gasteiger partial charge is 0.317 e. The average Bonchev–Trinajstić information content (AvgIpc) is 2.70. The Hall–Kier alpha value is -1.63. The number of carboxylic acids is 2. The van der Waals surface area contributed by atoms with Gasteiger partial charge in [-0.3, -0.25) is 14.4 Å². The van der Waals surface area contributed by atoms with Crippen molar-refractivity contribution < 1.29 is 29.3 Å². The molecule has 30 heavy (non-hydrogen) atoms. The Morgan fingerprint density at radius 3 is 1.97 bits per heavy atom. The Bertz CT molecular complexity index is 502. The van der Waals surface area contributed by atoms with Gasteiger partial charge >= 0.3 is 17.9 Å². The molecular weight excluding hydrogens is 386 g/mol. The SMILES string of the molecule is CCCCCCC(CCCCCC(C(=O)O)C(=O)O)COC(=O)C1CCN(C)CC1. The fourth-order valence-corrected chi connectivity index (χ4v) is 4.04. The number of hydrogen-bond acceptors (Lipinski definition) is 5. The Balaban J connectivity index is 2.36. The minimum atomic E-state index is -1.31. The van der Waals surface area contributed by atoms with Gasteiger partial charge < -0.3 is 19.8 Å². The second kappa shape index (κ2) is 15.2. The molecule has 1 unspecified atom stereocenters. The lowest BCUT2D eigenvalue weighted by molar-refractivity contribution is -0.155. The van der Waals surface area contributed by atoms with Crippen LogP contribution in [0.1, 0.15) is 84.0 Å². The van der Waals surface area contributed by atoms with Crippen LogP contribution in [-0.2, 0) is 19.1 Å². The van der Waals surface area contributed by atoms with E-state index in [-0.39, 0.29) is 18.3 Å². The molecule has 0 spiro atoms. The summed E-state index contributed by atoms with van der Waals surface area (Å²) in [4.78, 5) is 36.5. The van der Waals surface area contributed by atoms with Crippen LogP contribution >= 0.6 is 0 Å². The van der Waals surface area contributed by atoms with Crippen molar-refractivity contribution in [2.24, 2.45) is 17.8 Å². The summed E-state index contributed by atoms with van der Waals surface area (Å²) in [6.45, 7) is 4.52. The molecule has 1 atom stereocenters. The molecule has 1 aliphatic heterocycles. The maximum absolute atomic E-state index is 12.4. The van der Waals surface area contributed by atoms with Crippen molar-refractivity contribution in [3.8, 4) is 0 Å². The van der Waals surface area contributed by atoms with E-state index in [1.54, 1.807) is 0 Å². The number of esters is 1. The van der Waals surface area contributed by atoms with Gasteiger partial charge in [0.25, 0.3) is 0 Å². The third-order valence-electron chi connectivity index (χ3n) is 6.18. The first-order chi connectivity index (χ1) is 14.3. The van der Waals surface area contributed by atoms with Crippen LogP contribution < -0.4 is 0 Å². The van der Waals surface area contributed by atoms with E-state index in [4.69, 9.17) is 14.9 Å². The summed E-state index contributed by atoms with van der Waals surface area (Å²) in [5.41, 5.74) is 0. The maximum atomic E-state index is 12.4. The topological polar surface area (TPSA) is 104 Å². The van der Waals surface area contributed by atoms with Crippen molar-refractivity contribution in [1.82, 2.24) is 4.90 Å². The Labute approximate surface area is 181 Å². The number of carbonyl (C=O) groups is 3. The van der Waals surface area contributed by atoms with Gasteiger partial charge in [-0.05, 0) is 58.2 Å². The third-order valence-corrected chi connectivity index (χ3v) is 6.18. The highest BCUT2D eigenvalue weighted by molar-refractivity contribution is 5.92. The highest BCUT2D eigenvalue weighted by Gasteiger charge is 2.26. The molecule has 0 bridgehead atoms. The molecule has 1 rings (SSSR count). The molecule has 1 aliphatic rings. The van der Waals surface area contributed by atoms with E-state index >= 15 is 0 Å². The van der Waals surface area contributed by atoms with E-state index < -0.39 is 17.9 Å². The highest BCUT2D eigenvalue weighted by Crippen LogP contribution is 2.22. The largest absolute Gasteiger partial charge is 0.481 e. The van der Waals surface area contributed by atoms with Crippen molar-refractivity contribution in [2.45, 2.75) is 84.0 Å². The molecule has 7 nitrogen and oxygen atoms in total. The van der Waals surface area contributed by atoms with Gasteiger partial charge in [-0.25, -0.2) is 0 Å². The summed E-state index contributed by atoms with van der Waals surface area (Å²) in [6, 6.07) is 0. The lowest BCUT2D eigenvalue weighted by Crippen LogP contribution is -2.34. The van der Waals surface area contributed by atoms with Gasteiger partial charge in [0, 0.05) is 0 Å². The summed E-state index contributed by atoms with van der Waals surface area (Å²) in [7, 11) is 2.07. The summed E-state index contributed by atoms with van der Waals surface area (Å²) in [5.74, 6) is -3.57. The number of nitrogens with zero attached hydrogens (tertiary/aromatic N) is 1. The summed E-state index contributed by atoms with van der Waals surface area (Å²) in [6.07, 6.45) is 10.9. The predicted octanol–water partition coefficient (Wildman–Crippen LogP) is 4.19. The van der Waals surface area contributed by atoms with Crippen molar-refractivity contribution in [2.75, 3.05) is 26.7 Å². The Morgan fingerprint density at radius 2 is 1.43 bits per heavy atom. The summed E-state index contributed by atoms with van der Waals surface area (Å²) in [5, 5.41) is 17.9. The predicted molar refractivity (Wildman–Crippen MR) is 115 cm³/mol. The number of hydrogen-bond donors (Lipinski definition) is 2. The Morgan fingerprint density at radius 1 is 0.900 bits per heavy atom. The van der Waals surface area contributed by atoms with Crippen molar-refractivity contribution in [3.63, 3.8) is 0 Å². The number of unbranched alkanes of at least 4 members (excludes halogenated alkanes) is 5. The second-order valence-electron chi connectivity index (χ2n) is 8.79. The zero-order chi connectivity index (χ0) is 22.4. The number of likely N-dealkylation sites (tertiary alicyclic amines) is 1. The molecule has 0 aromatic heterocycles. The van der Waals surface area contributed by atoms with E-state index in [1.165, 1.54) is 19.3 Å². The first kappa shape index (κ1) is 26.4. The number of carbonyl (C=O) groups excluding carboxylic acids is 1. The fourth-order valence-electron chi connectivity index (χ4n) is 4.04. The van der Waals surface area contributed by atoms with Crippen molar-refractivity contribution in [1.29, 1.82) is 0 Å². The van der Waals surface area contributed by atoms with E-state index in [9.17, 15) is 14.4 Å². The second-order valence-corrected chi connectivity index (χ2v) is 8.79. The van der Waals surface area contributed by atoms with Crippen LogP contribution in [0.4, 0.5) is 0 Å². The van der Waals surface area contributed by atoms with E-state index in [0.717, 1.165) is 58.0 Å². The van der Waals surface area contributed by atoms with Crippen LogP contribution in [0.15, 0.2) is 0 Å². The molecule has 0 saturated carbocycles. The van der Waals surface area contributed by atoms with Gasteiger partial charge in [-0.2, -0.15) is 0 Å². The van der Waals surface area contributed by atoms with Gasteiger partial charge in [-0.1, -0.05) is 51.9 Å². The molecule has 0 aromatic rings. The summed E-state index contributed by atoms with van der Waals surface area (Å²) >= 11 is 0. The highest BCUT2D eigenvalue weighted by atomic mass is 16.5. The summed E-state index contributed by atoms with van der Waals surface area (Å²) < 4.78 is 5.68. The standard InChI is InChI=1S/C23H41NO6/c1-3-4-5-7-10-18(11-8-6-9-12-20(21(25)26)22(27)28)17-30-23(29)19-13-15-24(2)16-14-19/h18-20H,3-17H2,1-2H3,(H,25,26)(H,27,28). The van der Waals surface area contributed by atoms with E-state index in [1.807, 2.05) is 0 Å². The van der Waals surface area contributed by atoms with E-state index in [2.05, 4.69) is 18.9 Å². The van der Waals surface area contributed by atoms with Gasteiger partial charge in [0.15, 0.2) is 5.92 Å². The van der Waals surface area contributed by atoms with Crippen molar-refractivity contribution in [3.05, 3.63) is 0 Å². The molecule has 0 amide bonds. The monoisotopic (exact) mass is 427 g/mol. The molecule has 1 saturated heterocycles. The van der Waals surface area contributed by atoms with Crippen LogP contribution in [-0.4, -0.2) is 59.8 Å². The van der Waals surface area contributed by atoms with Gasteiger partial charge in [-0.15, -0.1) is 0 Å².